The molecule has 122 valence electrons. The van der Waals surface area contributed by atoms with Gasteiger partial charge in [-0.25, -0.2) is 22.4 Å². The molecule has 0 fully saturated rings. The summed E-state index contributed by atoms with van der Waals surface area (Å²) in [6.07, 6.45) is 2.86. The van der Waals surface area contributed by atoms with Gasteiger partial charge in [-0.1, -0.05) is 42.4 Å². The van der Waals surface area contributed by atoms with Gasteiger partial charge in [-0.2, -0.15) is 0 Å². The van der Waals surface area contributed by atoms with E-state index in [1.165, 1.54) is 12.4 Å². The second kappa shape index (κ2) is 6.31. The molecule has 9 heteroatoms. The average Bonchev–Trinajstić information content (AvgIpc) is 2.99. The van der Waals surface area contributed by atoms with E-state index in [4.69, 9.17) is 5.53 Å². The van der Waals surface area contributed by atoms with Gasteiger partial charge in [-0.15, -0.1) is 0 Å². The standard InChI is InChI=1S/C15H14N6O2S/c1-11(19-20-16)14-9-17-15-13(18-14)7-8-21(15)24(22,23)10-12-5-3-2-4-6-12/h2-9,11H,10H2,1H3. The van der Waals surface area contributed by atoms with Crippen molar-refractivity contribution in [2.45, 2.75) is 18.7 Å². The third-order valence-corrected chi connectivity index (χ3v) is 5.11. The molecule has 1 unspecified atom stereocenters. The van der Waals surface area contributed by atoms with Crippen LogP contribution in [0.2, 0.25) is 0 Å². The normalized spacial score (nSPS) is 12.7. The van der Waals surface area contributed by atoms with Crippen LogP contribution < -0.4 is 0 Å². The number of nitrogens with zero attached hydrogens (tertiary/aromatic N) is 6. The summed E-state index contributed by atoms with van der Waals surface area (Å²) in [5.74, 6) is -0.129. The molecule has 0 N–H and O–H groups in total. The molecular formula is C15H14N6O2S. The van der Waals surface area contributed by atoms with Gasteiger partial charge in [-0.3, -0.25) is 0 Å². The number of azide groups is 1. The van der Waals surface area contributed by atoms with Crippen LogP contribution in [0.1, 0.15) is 24.2 Å². The molecule has 1 aromatic carbocycles. The Labute approximate surface area is 138 Å². The fourth-order valence-corrected chi connectivity index (χ4v) is 3.72. The smallest absolute Gasteiger partial charge is 0.244 e. The van der Waals surface area contributed by atoms with E-state index in [-0.39, 0.29) is 11.4 Å². The third-order valence-electron chi connectivity index (χ3n) is 3.52. The van der Waals surface area contributed by atoms with Crippen molar-refractivity contribution in [1.82, 2.24) is 13.9 Å². The molecule has 0 amide bonds. The molecule has 2 heterocycles. The molecular weight excluding hydrogens is 328 g/mol. The van der Waals surface area contributed by atoms with E-state index in [1.54, 1.807) is 37.3 Å². The first kappa shape index (κ1) is 16.0. The number of aromatic nitrogens is 3. The Morgan fingerprint density at radius 3 is 2.75 bits per heavy atom. The molecule has 24 heavy (non-hydrogen) atoms. The van der Waals surface area contributed by atoms with Gasteiger partial charge in [0.2, 0.25) is 10.0 Å². The Bertz CT molecular complexity index is 1020. The highest BCUT2D eigenvalue weighted by molar-refractivity contribution is 7.89. The van der Waals surface area contributed by atoms with Crippen LogP contribution in [-0.4, -0.2) is 22.4 Å². The van der Waals surface area contributed by atoms with E-state index in [0.29, 0.717) is 16.8 Å². The van der Waals surface area contributed by atoms with Crippen molar-refractivity contribution < 1.29 is 8.42 Å². The number of fused-ring (bicyclic) bond motifs is 1. The zero-order chi connectivity index (χ0) is 17.2. The average molecular weight is 342 g/mol. The van der Waals surface area contributed by atoms with Gasteiger partial charge in [0.05, 0.1) is 23.7 Å². The first-order valence-corrected chi connectivity index (χ1v) is 8.77. The maximum absolute atomic E-state index is 12.6. The van der Waals surface area contributed by atoms with E-state index >= 15 is 0 Å². The molecule has 0 radical (unpaired) electrons. The predicted octanol–water partition coefficient (Wildman–Crippen LogP) is 3.18. The molecule has 0 saturated carbocycles. The molecule has 3 aromatic rings. The molecule has 0 aliphatic carbocycles. The van der Waals surface area contributed by atoms with Crippen LogP contribution in [0.15, 0.2) is 53.9 Å². The summed E-state index contributed by atoms with van der Waals surface area (Å²) in [7, 11) is -3.61. The number of hydrogen-bond acceptors (Lipinski definition) is 5. The van der Waals surface area contributed by atoms with Gasteiger partial charge in [0, 0.05) is 11.1 Å². The largest absolute Gasteiger partial charge is 0.247 e. The highest BCUT2D eigenvalue weighted by atomic mass is 32.2. The second-order valence-electron chi connectivity index (χ2n) is 5.24. The lowest BCUT2D eigenvalue weighted by atomic mass is 10.2. The van der Waals surface area contributed by atoms with E-state index in [2.05, 4.69) is 20.0 Å². The number of hydrogen-bond donors (Lipinski definition) is 0. The van der Waals surface area contributed by atoms with Gasteiger partial charge in [0.15, 0.2) is 5.65 Å². The highest BCUT2D eigenvalue weighted by Crippen LogP contribution is 2.20. The van der Waals surface area contributed by atoms with Gasteiger partial charge < -0.3 is 0 Å². The maximum Gasteiger partial charge on any atom is 0.244 e. The van der Waals surface area contributed by atoms with E-state index in [0.717, 1.165) is 3.97 Å². The van der Waals surface area contributed by atoms with Crippen LogP contribution in [0.25, 0.3) is 21.6 Å². The molecule has 0 bridgehead atoms. The highest BCUT2D eigenvalue weighted by Gasteiger charge is 2.19. The Hall–Kier alpha value is -2.90. The van der Waals surface area contributed by atoms with Crippen LogP contribution in [0, 0.1) is 0 Å². The molecule has 3 rings (SSSR count). The number of rotatable bonds is 5. The summed E-state index contributed by atoms with van der Waals surface area (Å²) in [6, 6.07) is 10.0. The van der Waals surface area contributed by atoms with Crippen molar-refractivity contribution >= 4 is 21.2 Å². The van der Waals surface area contributed by atoms with Crippen LogP contribution >= 0.6 is 0 Å². The van der Waals surface area contributed by atoms with Crippen molar-refractivity contribution in [2.75, 3.05) is 0 Å². The van der Waals surface area contributed by atoms with Crippen LogP contribution in [0.5, 0.6) is 0 Å². The molecule has 1 atom stereocenters. The quantitative estimate of drug-likeness (QED) is 0.402. The Kier molecular flexibility index (Phi) is 4.20. The monoisotopic (exact) mass is 342 g/mol. The summed E-state index contributed by atoms with van der Waals surface area (Å²) in [4.78, 5) is 11.3. The van der Waals surface area contributed by atoms with E-state index in [9.17, 15) is 8.42 Å². The third kappa shape index (κ3) is 3.08. The SMILES string of the molecule is CC(N=[N+]=[N-])c1cnc2c(ccn2S(=O)(=O)Cc2ccccc2)n1. The van der Waals surface area contributed by atoms with Gasteiger partial charge in [0.25, 0.3) is 0 Å². The molecule has 2 aromatic heterocycles. The summed E-state index contributed by atoms with van der Waals surface area (Å²) in [5, 5.41) is 3.57. The van der Waals surface area contributed by atoms with E-state index < -0.39 is 16.1 Å². The lowest BCUT2D eigenvalue weighted by molar-refractivity contribution is 0.588. The van der Waals surface area contributed by atoms with Crippen molar-refractivity contribution in [1.29, 1.82) is 0 Å². The molecule has 0 saturated heterocycles. The minimum Gasteiger partial charge on any atom is -0.247 e. The van der Waals surface area contributed by atoms with Crippen molar-refractivity contribution in [2.24, 2.45) is 5.11 Å². The second-order valence-corrected chi connectivity index (χ2v) is 7.08. The Morgan fingerprint density at radius 1 is 1.29 bits per heavy atom. The van der Waals surface area contributed by atoms with E-state index in [1.807, 2.05) is 6.07 Å². The zero-order valence-corrected chi connectivity index (χ0v) is 13.6. The zero-order valence-electron chi connectivity index (χ0n) is 12.8. The fraction of sp³-hybridized carbons (Fsp3) is 0.200. The first-order chi connectivity index (χ1) is 11.5. The van der Waals surface area contributed by atoms with Gasteiger partial charge >= 0.3 is 0 Å². The minimum absolute atomic E-state index is 0.129. The summed E-state index contributed by atoms with van der Waals surface area (Å²) in [6.45, 7) is 1.69. The lowest BCUT2D eigenvalue weighted by Crippen LogP contribution is -2.14. The maximum atomic E-state index is 12.6. The Balaban J connectivity index is 2.00. The summed E-state index contributed by atoms with van der Waals surface area (Å²) >= 11 is 0. The van der Waals surface area contributed by atoms with Gasteiger partial charge in [0.1, 0.15) is 5.52 Å². The topological polar surface area (TPSA) is 114 Å². The molecule has 0 spiro atoms. The van der Waals surface area contributed by atoms with Crippen molar-refractivity contribution in [3.8, 4) is 0 Å². The molecule has 8 nitrogen and oxygen atoms in total. The Morgan fingerprint density at radius 2 is 2.04 bits per heavy atom. The van der Waals surface area contributed by atoms with Crippen molar-refractivity contribution in [3.63, 3.8) is 0 Å². The van der Waals surface area contributed by atoms with Crippen LogP contribution in [0.3, 0.4) is 0 Å². The fourth-order valence-electron chi connectivity index (χ4n) is 2.32. The van der Waals surface area contributed by atoms with Gasteiger partial charge in [-0.05, 0) is 17.2 Å². The van der Waals surface area contributed by atoms with Crippen molar-refractivity contribution in [3.05, 3.63) is 70.5 Å². The summed E-state index contributed by atoms with van der Waals surface area (Å²) < 4.78 is 26.4. The van der Waals surface area contributed by atoms with Crippen LogP contribution in [0.4, 0.5) is 0 Å². The van der Waals surface area contributed by atoms with Crippen LogP contribution in [-0.2, 0) is 15.8 Å². The lowest BCUT2D eigenvalue weighted by Gasteiger charge is -2.08. The summed E-state index contributed by atoms with van der Waals surface area (Å²) in [5.41, 5.74) is 10.4. The number of benzene rings is 1. The first-order valence-electron chi connectivity index (χ1n) is 7.16. The minimum atomic E-state index is -3.61. The molecule has 0 aliphatic rings. The predicted molar refractivity (Wildman–Crippen MR) is 89.6 cm³/mol. The molecule has 0 aliphatic heterocycles.